The molecule has 0 aromatic heterocycles. The quantitative estimate of drug-likeness (QED) is 0.889. The molecule has 0 saturated heterocycles. The second-order valence-electron chi connectivity index (χ2n) is 4.22. The standard InChI is InChI=1S/C15H11BrF2N2/c16-12-6-8-13(9-7-12)20-15(10-19,14(17)18)11-4-2-1-3-5-11/h1-9,14,20H. The zero-order chi connectivity index (χ0) is 14.6. The van der Waals surface area contributed by atoms with Gasteiger partial charge in [-0.2, -0.15) is 5.26 Å². The van der Waals surface area contributed by atoms with Crippen LogP contribution in [0.25, 0.3) is 0 Å². The van der Waals surface area contributed by atoms with Crippen LogP contribution in [0.15, 0.2) is 59.1 Å². The van der Waals surface area contributed by atoms with Crippen molar-refractivity contribution in [1.29, 1.82) is 5.26 Å². The maximum atomic E-state index is 13.5. The van der Waals surface area contributed by atoms with Crippen molar-refractivity contribution in [2.75, 3.05) is 5.32 Å². The molecule has 0 fully saturated rings. The van der Waals surface area contributed by atoms with Crippen molar-refractivity contribution in [3.63, 3.8) is 0 Å². The molecule has 0 heterocycles. The highest BCUT2D eigenvalue weighted by Gasteiger charge is 2.42. The zero-order valence-corrected chi connectivity index (χ0v) is 11.9. The van der Waals surface area contributed by atoms with Crippen molar-refractivity contribution in [1.82, 2.24) is 0 Å². The second-order valence-corrected chi connectivity index (χ2v) is 5.13. The molecule has 1 unspecified atom stereocenters. The maximum Gasteiger partial charge on any atom is 0.278 e. The van der Waals surface area contributed by atoms with Crippen LogP contribution in [0.3, 0.4) is 0 Å². The molecule has 0 radical (unpaired) electrons. The minimum absolute atomic E-state index is 0.236. The summed E-state index contributed by atoms with van der Waals surface area (Å²) in [4.78, 5) is 0. The number of rotatable bonds is 4. The molecule has 20 heavy (non-hydrogen) atoms. The Labute approximate surface area is 124 Å². The van der Waals surface area contributed by atoms with E-state index in [9.17, 15) is 14.0 Å². The number of hydrogen-bond acceptors (Lipinski definition) is 2. The summed E-state index contributed by atoms with van der Waals surface area (Å²) < 4.78 is 27.9. The van der Waals surface area contributed by atoms with Gasteiger partial charge in [-0.1, -0.05) is 46.3 Å². The van der Waals surface area contributed by atoms with E-state index in [0.717, 1.165) is 4.47 Å². The van der Waals surface area contributed by atoms with Gasteiger partial charge >= 0.3 is 0 Å². The molecule has 0 amide bonds. The van der Waals surface area contributed by atoms with Crippen LogP contribution in [0.5, 0.6) is 0 Å². The van der Waals surface area contributed by atoms with Gasteiger partial charge in [-0.05, 0) is 29.8 Å². The predicted molar refractivity (Wildman–Crippen MR) is 77.5 cm³/mol. The zero-order valence-electron chi connectivity index (χ0n) is 10.4. The Hall–Kier alpha value is -1.93. The third kappa shape index (κ3) is 2.81. The number of anilines is 1. The second kappa shape index (κ2) is 6.02. The fourth-order valence-electron chi connectivity index (χ4n) is 1.86. The van der Waals surface area contributed by atoms with E-state index in [2.05, 4.69) is 21.2 Å². The van der Waals surface area contributed by atoms with Crippen molar-refractivity contribution < 1.29 is 8.78 Å². The average molecular weight is 337 g/mol. The van der Waals surface area contributed by atoms with Crippen LogP contribution in [0, 0.1) is 11.3 Å². The molecule has 1 N–H and O–H groups in total. The fraction of sp³-hybridized carbons (Fsp3) is 0.133. The Morgan fingerprint density at radius 1 is 1.05 bits per heavy atom. The van der Waals surface area contributed by atoms with Crippen LogP contribution in [0.2, 0.25) is 0 Å². The highest BCUT2D eigenvalue weighted by Crippen LogP contribution is 2.32. The van der Waals surface area contributed by atoms with E-state index in [-0.39, 0.29) is 5.56 Å². The minimum atomic E-state index is -2.86. The lowest BCUT2D eigenvalue weighted by Gasteiger charge is -2.28. The van der Waals surface area contributed by atoms with Crippen LogP contribution in [0.4, 0.5) is 14.5 Å². The Kier molecular flexibility index (Phi) is 4.35. The van der Waals surface area contributed by atoms with E-state index in [1.807, 2.05) is 0 Å². The minimum Gasteiger partial charge on any atom is -0.359 e. The summed E-state index contributed by atoms with van der Waals surface area (Å²) in [5.41, 5.74) is -1.37. The molecule has 0 saturated carbocycles. The number of nitrogens with zero attached hydrogens (tertiary/aromatic N) is 1. The number of nitriles is 1. The topological polar surface area (TPSA) is 35.8 Å². The highest BCUT2D eigenvalue weighted by atomic mass is 79.9. The van der Waals surface area contributed by atoms with Gasteiger partial charge in [-0.15, -0.1) is 0 Å². The van der Waals surface area contributed by atoms with E-state index >= 15 is 0 Å². The number of halogens is 3. The van der Waals surface area contributed by atoms with Crippen molar-refractivity contribution in [2.24, 2.45) is 0 Å². The number of benzene rings is 2. The highest BCUT2D eigenvalue weighted by molar-refractivity contribution is 9.10. The van der Waals surface area contributed by atoms with Gasteiger partial charge in [0.2, 0.25) is 5.54 Å². The molecular formula is C15H11BrF2N2. The molecule has 5 heteroatoms. The van der Waals surface area contributed by atoms with Crippen LogP contribution in [-0.4, -0.2) is 6.43 Å². The molecule has 2 nitrogen and oxygen atoms in total. The lowest BCUT2D eigenvalue weighted by Crippen LogP contribution is -2.41. The maximum absolute atomic E-state index is 13.5. The Bertz CT molecular complexity index is 608. The van der Waals surface area contributed by atoms with Gasteiger partial charge in [0.05, 0.1) is 0 Å². The number of alkyl halides is 2. The fourth-order valence-corrected chi connectivity index (χ4v) is 2.12. The van der Waals surface area contributed by atoms with Gasteiger partial charge < -0.3 is 5.32 Å². The molecular weight excluding hydrogens is 326 g/mol. The number of hydrogen-bond donors (Lipinski definition) is 1. The number of nitrogens with one attached hydrogen (secondary N) is 1. The predicted octanol–water partition coefficient (Wildman–Crippen LogP) is 4.55. The lowest BCUT2D eigenvalue weighted by molar-refractivity contribution is 0.0928. The SMILES string of the molecule is N#CC(Nc1ccc(Br)cc1)(c1ccccc1)C(F)F. The molecule has 0 spiro atoms. The molecule has 0 aliphatic rings. The van der Waals surface area contributed by atoms with Gasteiger partial charge in [0, 0.05) is 10.2 Å². The van der Waals surface area contributed by atoms with E-state index in [0.29, 0.717) is 5.69 Å². The smallest absolute Gasteiger partial charge is 0.278 e. The van der Waals surface area contributed by atoms with Gasteiger partial charge in [-0.3, -0.25) is 0 Å². The van der Waals surface area contributed by atoms with Crippen molar-refractivity contribution in [3.8, 4) is 6.07 Å². The summed E-state index contributed by atoms with van der Waals surface area (Å²) in [6, 6.07) is 16.5. The molecule has 2 aromatic carbocycles. The Balaban J connectivity index is 2.43. The first-order chi connectivity index (χ1) is 9.58. The third-order valence-corrected chi connectivity index (χ3v) is 3.45. The molecule has 0 bridgehead atoms. The normalized spacial score (nSPS) is 13.6. The first-order valence-corrected chi connectivity index (χ1v) is 6.66. The van der Waals surface area contributed by atoms with Crippen molar-refractivity contribution in [3.05, 3.63) is 64.6 Å². The Morgan fingerprint density at radius 3 is 2.15 bits per heavy atom. The van der Waals surface area contributed by atoms with Crippen LogP contribution in [0.1, 0.15) is 5.56 Å². The van der Waals surface area contributed by atoms with Crippen molar-refractivity contribution >= 4 is 21.6 Å². The molecule has 2 rings (SSSR count). The first-order valence-electron chi connectivity index (χ1n) is 5.87. The third-order valence-electron chi connectivity index (χ3n) is 2.92. The summed E-state index contributed by atoms with van der Waals surface area (Å²) in [6.45, 7) is 0. The van der Waals surface area contributed by atoms with Gasteiger partial charge in [0.15, 0.2) is 0 Å². The van der Waals surface area contributed by atoms with Gasteiger partial charge in [0.1, 0.15) is 6.07 Å². The largest absolute Gasteiger partial charge is 0.359 e. The van der Waals surface area contributed by atoms with Gasteiger partial charge in [0.25, 0.3) is 6.43 Å². The molecule has 0 aliphatic carbocycles. The van der Waals surface area contributed by atoms with Gasteiger partial charge in [-0.25, -0.2) is 8.78 Å². The van der Waals surface area contributed by atoms with E-state index in [4.69, 9.17) is 0 Å². The summed E-state index contributed by atoms with van der Waals surface area (Å²) in [6.07, 6.45) is -2.86. The molecule has 102 valence electrons. The average Bonchev–Trinajstić information content (AvgIpc) is 2.47. The summed E-state index contributed by atoms with van der Waals surface area (Å²) in [5, 5.41) is 12.0. The van der Waals surface area contributed by atoms with Crippen LogP contribution >= 0.6 is 15.9 Å². The monoisotopic (exact) mass is 336 g/mol. The Morgan fingerprint density at radius 2 is 1.65 bits per heavy atom. The van der Waals surface area contributed by atoms with Crippen LogP contribution < -0.4 is 5.32 Å². The summed E-state index contributed by atoms with van der Waals surface area (Å²) >= 11 is 3.28. The van der Waals surface area contributed by atoms with E-state index in [1.54, 1.807) is 48.5 Å². The molecule has 2 aromatic rings. The summed E-state index contributed by atoms with van der Waals surface area (Å²) in [7, 11) is 0. The van der Waals surface area contributed by atoms with Crippen LogP contribution in [-0.2, 0) is 5.54 Å². The molecule has 0 aliphatic heterocycles. The molecule has 1 atom stereocenters. The van der Waals surface area contributed by atoms with Crippen molar-refractivity contribution in [2.45, 2.75) is 12.0 Å². The van der Waals surface area contributed by atoms with E-state index in [1.165, 1.54) is 12.1 Å². The first kappa shape index (κ1) is 14.5. The lowest BCUT2D eigenvalue weighted by atomic mass is 9.91. The summed E-state index contributed by atoms with van der Waals surface area (Å²) in [5.74, 6) is 0. The van der Waals surface area contributed by atoms with E-state index < -0.39 is 12.0 Å².